The molecule has 0 saturated carbocycles. The summed E-state index contributed by atoms with van der Waals surface area (Å²) in [6.07, 6.45) is 2.86. The van der Waals surface area contributed by atoms with Crippen molar-refractivity contribution in [2.45, 2.75) is 13.3 Å². The molecule has 0 spiro atoms. The highest BCUT2D eigenvalue weighted by atomic mass is 35.5. The number of nitrogens with one attached hydrogen (secondary N) is 2. The van der Waals surface area contributed by atoms with Gasteiger partial charge in [-0.1, -0.05) is 36.7 Å². The lowest BCUT2D eigenvalue weighted by molar-refractivity contribution is 0.852. The Morgan fingerprint density at radius 3 is 2.67 bits per heavy atom. The highest BCUT2D eigenvalue weighted by Crippen LogP contribution is 2.15. The summed E-state index contributed by atoms with van der Waals surface area (Å²) in [7, 11) is 2.09. The predicted molar refractivity (Wildman–Crippen MR) is 108 cm³/mol. The van der Waals surface area contributed by atoms with Crippen LogP contribution in [0.25, 0.3) is 0 Å². The molecule has 0 aromatic heterocycles. The zero-order chi connectivity index (χ0) is 17.4. The van der Waals surface area contributed by atoms with Crippen LogP contribution in [0.1, 0.15) is 18.9 Å². The van der Waals surface area contributed by atoms with Crippen molar-refractivity contribution >= 4 is 46.5 Å². The van der Waals surface area contributed by atoms with Crippen molar-refractivity contribution in [3.05, 3.63) is 59.1 Å². The topological polar surface area (TPSA) is 39.7 Å². The molecule has 0 aliphatic heterocycles. The molecular formula is C18H21ClN4S. The molecule has 4 nitrogen and oxygen atoms in total. The Morgan fingerprint density at radius 2 is 2.00 bits per heavy atom. The van der Waals surface area contributed by atoms with E-state index in [0.29, 0.717) is 10.1 Å². The van der Waals surface area contributed by atoms with Gasteiger partial charge in [-0.2, -0.15) is 5.10 Å². The number of hydrogen-bond acceptors (Lipinski definition) is 3. The number of thiocarbonyl (C=S) groups is 1. The van der Waals surface area contributed by atoms with Crippen molar-refractivity contribution in [2.24, 2.45) is 5.10 Å². The molecular weight excluding hydrogens is 340 g/mol. The Balaban J connectivity index is 1.86. The van der Waals surface area contributed by atoms with Crippen LogP contribution in [0.2, 0.25) is 5.02 Å². The number of rotatable bonds is 6. The van der Waals surface area contributed by atoms with Crippen LogP contribution >= 0.6 is 23.8 Å². The monoisotopic (exact) mass is 360 g/mol. The Kier molecular flexibility index (Phi) is 7.03. The first kappa shape index (κ1) is 18.2. The minimum Gasteiger partial charge on any atom is -0.375 e. The molecule has 2 rings (SSSR count). The maximum absolute atomic E-state index is 5.93. The Hall–Kier alpha value is -2.11. The molecule has 24 heavy (non-hydrogen) atoms. The van der Waals surface area contributed by atoms with Gasteiger partial charge in [-0.15, -0.1) is 0 Å². The average Bonchev–Trinajstić information content (AvgIpc) is 2.55. The number of nitrogens with zero attached hydrogens (tertiary/aromatic N) is 2. The second-order valence-electron chi connectivity index (χ2n) is 5.35. The van der Waals surface area contributed by atoms with Gasteiger partial charge in [-0.25, -0.2) is 0 Å². The van der Waals surface area contributed by atoms with E-state index in [4.69, 9.17) is 23.8 Å². The molecule has 0 aliphatic rings. The SMILES string of the molecule is CCCN(C)c1ccc(/C=N/NC(=S)Nc2cccc(Cl)c2)cc1. The molecule has 2 aromatic carbocycles. The highest BCUT2D eigenvalue weighted by molar-refractivity contribution is 7.80. The van der Waals surface area contributed by atoms with Gasteiger partial charge in [0, 0.05) is 30.0 Å². The average molecular weight is 361 g/mol. The molecule has 0 aliphatic carbocycles. The molecule has 0 unspecified atom stereocenters. The fraction of sp³-hybridized carbons (Fsp3) is 0.222. The Morgan fingerprint density at radius 1 is 1.25 bits per heavy atom. The van der Waals surface area contributed by atoms with Gasteiger partial charge in [0.1, 0.15) is 0 Å². The molecule has 0 bridgehead atoms. The van der Waals surface area contributed by atoms with Crippen molar-refractivity contribution in [3.8, 4) is 0 Å². The van der Waals surface area contributed by atoms with E-state index in [1.165, 1.54) is 5.69 Å². The molecule has 0 heterocycles. The molecule has 2 aromatic rings. The maximum atomic E-state index is 5.93. The summed E-state index contributed by atoms with van der Waals surface area (Å²) in [6, 6.07) is 15.6. The lowest BCUT2D eigenvalue weighted by Gasteiger charge is -2.18. The van der Waals surface area contributed by atoms with Crippen molar-refractivity contribution in [1.82, 2.24) is 5.43 Å². The van der Waals surface area contributed by atoms with Gasteiger partial charge < -0.3 is 10.2 Å². The summed E-state index contributed by atoms with van der Waals surface area (Å²) in [5.41, 5.74) is 5.81. The lowest BCUT2D eigenvalue weighted by Crippen LogP contribution is -2.23. The fourth-order valence-corrected chi connectivity index (χ4v) is 2.53. The Bertz CT molecular complexity index is 700. The second kappa shape index (κ2) is 9.25. The summed E-state index contributed by atoms with van der Waals surface area (Å²) in [4.78, 5) is 2.23. The van der Waals surface area contributed by atoms with E-state index in [1.54, 1.807) is 12.3 Å². The van der Waals surface area contributed by atoms with E-state index in [-0.39, 0.29) is 0 Å². The van der Waals surface area contributed by atoms with Gasteiger partial charge in [0.05, 0.1) is 6.21 Å². The zero-order valence-corrected chi connectivity index (χ0v) is 15.4. The number of hydrazone groups is 1. The van der Waals surface area contributed by atoms with E-state index in [1.807, 2.05) is 30.3 Å². The lowest BCUT2D eigenvalue weighted by atomic mass is 10.2. The first-order chi connectivity index (χ1) is 11.6. The van der Waals surface area contributed by atoms with Crippen molar-refractivity contribution in [3.63, 3.8) is 0 Å². The summed E-state index contributed by atoms with van der Waals surface area (Å²) in [5.74, 6) is 0. The normalized spacial score (nSPS) is 10.6. The molecule has 0 atom stereocenters. The van der Waals surface area contributed by atoms with E-state index in [0.717, 1.165) is 24.2 Å². The van der Waals surface area contributed by atoms with Crippen LogP contribution in [0, 0.1) is 0 Å². The number of anilines is 2. The van der Waals surface area contributed by atoms with Crippen LogP contribution < -0.4 is 15.6 Å². The molecule has 2 N–H and O–H groups in total. The number of halogens is 1. The van der Waals surface area contributed by atoms with Gasteiger partial charge in [0.15, 0.2) is 5.11 Å². The maximum Gasteiger partial charge on any atom is 0.191 e. The summed E-state index contributed by atoms with van der Waals surface area (Å²) in [6.45, 7) is 3.21. The summed E-state index contributed by atoms with van der Waals surface area (Å²) in [5, 5.41) is 8.23. The number of hydrogen-bond donors (Lipinski definition) is 2. The van der Waals surface area contributed by atoms with E-state index < -0.39 is 0 Å². The van der Waals surface area contributed by atoms with Gasteiger partial charge >= 0.3 is 0 Å². The summed E-state index contributed by atoms with van der Waals surface area (Å²) >= 11 is 11.1. The van der Waals surface area contributed by atoms with Crippen LogP contribution in [-0.4, -0.2) is 24.9 Å². The van der Waals surface area contributed by atoms with Crippen LogP contribution in [0.15, 0.2) is 53.6 Å². The molecule has 0 radical (unpaired) electrons. The predicted octanol–water partition coefficient (Wildman–Crippen LogP) is 4.51. The Labute approximate surface area is 153 Å². The third-order valence-electron chi connectivity index (χ3n) is 3.36. The van der Waals surface area contributed by atoms with Crippen LogP contribution in [-0.2, 0) is 0 Å². The highest BCUT2D eigenvalue weighted by Gasteiger charge is 1.99. The first-order valence-corrected chi connectivity index (χ1v) is 8.54. The molecule has 0 fully saturated rings. The van der Waals surface area contributed by atoms with E-state index in [2.05, 4.69) is 46.8 Å². The molecule has 0 amide bonds. The third kappa shape index (κ3) is 5.83. The summed E-state index contributed by atoms with van der Waals surface area (Å²) < 4.78 is 0. The number of benzene rings is 2. The van der Waals surface area contributed by atoms with E-state index >= 15 is 0 Å². The minimum atomic E-state index is 0.410. The first-order valence-electron chi connectivity index (χ1n) is 7.75. The van der Waals surface area contributed by atoms with Crippen molar-refractivity contribution in [1.29, 1.82) is 0 Å². The molecule has 6 heteroatoms. The van der Waals surface area contributed by atoms with Crippen molar-refractivity contribution in [2.75, 3.05) is 23.8 Å². The van der Waals surface area contributed by atoms with Gasteiger partial charge in [0.25, 0.3) is 0 Å². The second-order valence-corrected chi connectivity index (χ2v) is 6.19. The minimum absolute atomic E-state index is 0.410. The quantitative estimate of drug-likeness (QED) is 0.452. The van der Waals surface area contributed by atoms with Gasteiger partial charge in [-0.05, 0) is 54.5 Å². The molecule has 0 saturated heterocycles. The van der Waals surface area contributed by atoms with Crippen molar-refractivity contribution < 1.29 is 0 Å². The van der Waals surface area contributed by atoms with E-state index in [9.17, 15) is 0 Å². The fourth-order valence-electron chi connectivity index (χ4n) is 2.17. The van der Waals surface area contributed by atoms with Crippen LogP contribution in [0.3, 0.4) is 0 Å². The zero-order valence-electron chi connectivity index (χ0n) is 13.8. The van der Waals surface area contributed by atoms with Gasteiger partial charge in [-0.3, -0.25) is 5.43 Å². The largest absolute Gasteiger partial charge is 0.375 e. The van der Waals surface area contributed by atoms with Gasteiger partial charge in [0.2, 0.25) is 0 Å². The standard InChI is InChI=1S/C18H21ClN4S/c1-3-11-23(2)17-9-7-14(8-10-17)13-20-22-18(24)21-16-6-4-5-15(19)12-16/h4-10,12-13H,3,11H2,1-2H3,(H2,21,22,24)/b20-13+. The van der Waals surface area contributed by atoms with Crippen LogP contribution in [0.5, 0.6) is 0 Å². The van der Waals surface area contributed by atoms with Crippen LogP contribution in [0.4, 0.5) is 11.4 Å². The smallest absolute Gasteiger partial charge is 0.191 e. The third-order valence-corrected chi connectivity index (χ3v) is 3.78. The molecule has 126 valence electrons.